The maximum Gasteiger partial charge on any atom is 0.130 e. The third-order valence-electron chi connectivity index (χ3n) is 1.57. The fourth-order valence-corrected chi connectivity index (χ4v) is 1.25. The lowest BCUT2D eigenvalue weighted by atomic mass is 10.3. The highest BCUT2D eigenvalue weighted by atomic mass is 35.5. The standard InChI is InChI=1S/C8H11ClN2S/c1-3-6-4-7(12)11-8(10-6)5(2)9/h4-5H,3H2,1-2H3,(H,10,11,12). The zero-order chi connectivity index (χ0) is 9.14. The zero-order valence-corrected chi connectivity index (χ0v) is 8.67. The first kappa shape index (κ1) is 9.68. The van der Waals surface area contributed by atoms with Crippen molar-refractivity contribution in [3.8, 4) is 0 Å². The summed E-state index contributed by atoms with van der Waals surface area (Å²) in [7, 11) is 0. The van der Waals surface area contributed by atoms with Crippen LogP contribution >= 0.6 is 23.8 Å². The number of nitrogens with one attached hydrogen (secondary N) is 1. The Balaban J connectivity index is 3.15. The van der Waals surface area contributed by atoms with E-state index in [1.807, 2.05) is 13.0 Å². The van der Waals surface area contributed by atoms with Gasteiger partial charge in [-0.25, -0.2) is 4.98 Å². The first-order valence-corrected chi connectivity index (χ1v) is 4.72. The van der Waals surface area contributed by atoms with Gasteiger partial charge in [-0.2, -0.15) is 0 Å². The molecule has 1 N–H and O–H groups in total. The molecule has 0 saturated heterocycles. The molecule has 0 fully saturated rings. The molecular weight excluding hydrogens is 192 g/mol. The largest absolute Gasteiger partial charge is 0.346 e. The zero-order valence-electron chi connectivity index (χ0n) is 7.10. The molecule has 1 atom stereocenters. The molecule has 0 aromatic carbocycles. The lowest BCUT2D eigenvalue weighted by Crippen LogP contribution is -1.99. The molecule has 4 heteroatoms. The highest BCUT2D eigenvalue weighted by molar-refractivity contribution is 7.71. The summed E-state index contributed by atoms with van der Waals surface area (Å²) in [6.07, 6.45) is 0.919. The number of nitrogens with zero attached hydrogens (tertiary/aromatic N) is 1. The molecule has 0 spiro atoms. The van der Waals surface area contributed by atoms with Crippen molar-refractivity contribution in [3.05, 3.63) is 22.2 Å². The number of aromatic amines is 1. The van der Waals surface area contributed by atoms with Crippen LogP contribution in [0.15, 0.2) is 6.07 Å². The van der Waals surface area contributed by atoms with Crippen LogP contribution in [0.4, 0.5) is 0 Å². The van der Waals surface area contributed by atoms with Crippen molar-refractivity contribution in [2.24, 2.45) is 0 Å². The van der Waals surface area contributed by atoms with Crippen LogP contribution in [0.2, 0.25) is 0 Å². The molecule has 12 heavy (non-hydrogen) atoms. The van der Waals surface area contributed by atoms with E-state index >= 15 is 0 Å². The summed E-state index contributed by atoms with van der Waals surface area (Å²) < 4.78 is 0.605. The predicted octanol–water partition coefficient (Wildman–Crippen LogP) is 3.00. The number of hydrogen-bond donors (Lipinski definition) is 1. The molecule has 0 radical (unpaired) electrons. The molecule has 0 saturated carbocycles. The van der Waals surface area contributed by atoms with Gasteiger partial charge in [-0.3, -0.25) is 0 Å². The summed E-state index contributed by atoms with van der Waals surface area (Å²) >= 11 is 10.8. The monoisotopic (exact) mass is 202 g/mol. The summed E-state index contributed by atoms with van der Waals surface area (Å²) in [6, 6.07) is 1.86. The minimum Gasteiger partial charge on any atom is -0.346 e. The molecule has 0 amide bonds. The van der Waals surface area contributed by atoms with Crippen LogP contribution in [-0.2, 0) is 6.42 Å². The van der Waals surface area contributed by atoms with E-state index in [-0.39, 0.29) is 5.38 Å². The summed E-state index contributed by atoms with van der Waals surface area (Å²) in [6.45, 7) is 3.93. The normalized spacial score (nSPS) is 12.9. The molecule has 1 aromatic rings. The Labute approximate surface area is 82.0 Å². The van der Waals surface area contributed by atoms with Crippen LogP contribution in [0, 0.1) is 4.64 Å². The molecule has 1 heterocycles. The lowest BCUT2D eigenvalue weighted by Gasteiger charge is -2.04. The molecule has 66 valence electrons. The van der Waals surface area contributed by atoms with Crippen LogP contribution in [0.3, 0.4) is 0 Å². The lowest BCUT2D eigenvalue weighted by molar-refractivity contribution is 0.862. The Morgan fingerprint density at radius 3 is 2.92 bits per heavy atom. The number of aryl methyl sites for hydroxylation is 1. The second-order valence-electron chi connectivity index (χ2n) is 2.60. The third kappa shape index (κ3) is 2.29. The van der Waals surface area contributed by atoms with Crippen molar-refractivity contribution in [1.82, 2.24) is 9.97 Å². The molecule has 0 aliphatic carbocycles. The summed E-state index contributed by atoms with van der Waals surface area (Å²) in [5.74, 6) is 0.751. The number of halogens is 1. The Morgan fingerprint density at radius 1 is 1.75 bits per heavy atom. The number of rotatable bonds is 2. The highest BCUT2D eigenvalue weighted by Gasteiger charge is 2.03. The van der Waals surface area contributed by atoms with Gasteiger partial charge in [0, 0.05) is 5.69 Å². The van der Waals surface area contributed by atoms with E-state index in [1.165, 1.54) is 0 Å². The molecule has 0 bridgehead atoms. The Bertz CT molecular complexity index is 319. The molecule has 2 nitrogen and oxygen atoms in total. The van der Waals surface area contributed by atoms with E-state index in [0.29, 0.717) is 4.64 Å². The van der Waals surface area contributed by atoms with E-state index in [1.54, 1.807) is 0 Å². The van der Waals surface area contributed by atoms with E-state index in [9.17, 15) is 0 Å². The van der Waals surface area contributed by atoms with Crippen LogP contribution in [0.5, 0.6) is 0 Å². The van der Waals surface area contributed by atoms with E-state index in [2.05, 4.69) is 16.9 Å². The second-order valence-corrected chi connectivity index (χ2v) is 3.67. The molecular formula is C8H11ClN2S. The summed E-state index contributed by atoms with van der Waals surface area (Å²) in [4.78, 5) is 7.23. The van der Waals surface area contributed by atoms with Gasteiger partial charge in [-0.15, -0.1) is 11.6 Å². The van der Waals surface area contributed by atoms with E-state index in [0.717, 1.165) is 17.9 Å². The summed E-state index contributed by atoms with van der Waals surface area (Å²) in [5, 5.41) is -0.113. The molecule has 0 aliphatic rings. The van der Waals surface area contributed by atoms with Gasteiger partial charge < -0.3 is 4.98 Å². The second kappa shape index (κ2) is 4.01. The molecule has 1 unspecified atom stereocenters. The molecule has 1 aromatic heterocycles. The van der Waals surface area contributed by atoms with Gasteiger partial charge in [0.05, 0.1) is 5.38 Å². The molecule has 1 rings (SSSR count). The van der Waals surface area contributed by atoms with Crippen LogP contribution in [-0.4, -0.2) is 9.97 Å². The van der Waals surface area contributed by atoms with Gasteiger partial charge in [0.25, 0.3) is 0 Å². The van der Waals surface area contributed by atoms with E-state index < -0.39 is 0 Å². The third-order valence-corrected chi connectivity index (χ3v) is 1.99. The van der Waals surface area contributed by atoms with Gasteiger partial charge in [0.2, 0.25) is 0 Å². The number of alkyl halides is 1. The Kier molecular flexibility index (Phi) is 3.23. The van der Waals surface area contributed by atoms with Crippen molar-refractivity contribution in [2.45, 2.75) is 25.6 Å². The van der Waals surface area contributed by atoms with Gasteiger partial charge in [0.15, 0.2) is 0 Å². The number of aromatic nitrogens is 2. The minimum absolute atomic E-state index is 0.113. The maximum atomic E-state index is 5.86. The van der Waals surface area contributed by atoms with Crippen molar-refractivity contribution in [3.63, 3.8) is 0 Å². The SMILES string of the molecule is CCc1cc(=S)nc(C(C)Cl)[nH]1. The number of hydrogen-bond acceptors (Lipinski definition) is 2. The Morgan fingerprint density at radius 2 is 2.42 bits per heavy atom. The van der Waals surface area contributed by atoms with Gasteiger partial charge in [0.1, 0.15) is 10.5 Å². The van der Waals surface area contributed by atoms with Crippen LogP contribution in [0.25, 0.3) is 0 Å². The van der Waals surface area contributed by atoms with Crippen molar-refractivity contribution in [2.75, 3.05) is 0 Å². The van der Waals surface area contributed by atoms with Crippen molar-refractivity contribution >= 4 is 23.8 Å². The fourth-order valence-electron chi connectivity index (χ4n) is 0.907. The first-order chi connectivity index (χ1) is 5.63. The topological polar surface area (TPSA) is 28.7 Å². The van der Waals surface area contributed by atoms with Gasteiger partial charge in [-0.05, 0) is 19.4 Å². The average Bonchev–Trinajstić information content (AvgIpc) is 2.03. The summed E-state index contributed by atoms with van der Waals surface area (Å²) in [5.41, 5.74) is 1.08. The van der Waals surface area contributed by atoms with Crippen molar-refractivity contribution < 1.29 is 0 Å². The van der Waals surface area contributed by atoms with E-state index in [4.69, 9.17) is 23.8 Å². The minimum atomic E-state index is -0.113. The quantitative estimate of drug-likeness (QED) is 0.590. The predicted molar refractivity (Wildman–Crippen MR) is 53.1 cm³/mol. The van der Waals surface area contributed by atoms with Gasteiger partial charge in [-0.1, -0.05) is 19.1 Å². The first-order valence-electron chi connectivity index (χ1n) is 3.87. The number of H-pyrrole nitrogens is 1. The molecule has 0 aliphatic heterocycles. The van der Waals surface area contributed by atoms with Crippen LogP contribution < -0.4 is 0 Å². The van der Waals surface area contributed by atoms with Crippen molar-refractivity contribution in [1.29, 1.82) is 0 Å². The Hall–Kier alpha value is -0.410. The smallest absolute Gasteiger partial charge is 0.130 e. The highest BCUT2D eigenvalue weighted by Crippen LogP contribution is 2.14. The van der Waals surface area contributed by atoms with Gasteiger partial charge >= 0.3 is 0 Å². The van der Waals surface area contributed by atoms with Crippen LogP contribution in [0.1, 0.15) is 30.7 Å². The average molecular weight is 203 g/mol. The fraction of sp³-hybridized carbons (Fsp3) is 0.500. The maximum absolute atomic E-state index is 5.86.